The number of nitrogens with zero attached hydrogens (tertiary/aromatic N) is 3. The molecule has 6 heteroatoms. The molecule has 0 spiro atoms. The average molecular weight is 309 g/mol. The standard InChI is InChI=1S/C17H19N5O/c1-12-10-20-17(21-11-13-5-4-8-23-13)22-16(12)14(9-18)15-6-2-3-7-19-15/h2-3,6-7,10,13,19H,4-5,8,11H2,1H3,(H,20,21,22)/b15-14-. The monoisotopic (exact) mass is 309 g/mol. The van der Waals surface area contributed by atoms with Crippen molar-refractivity contribution < 1.29 is 4.74 Å². The molecule has 6 nitrogen and oxygen atoms in total. The largest absolute Gasteiger partial charge is 0.376 e. The van der Waals surface area contributed by atoms with Crippen LogP contribution >= 0.6 is 0 Å². The Labute approximate surface area is 135 Å². The topological polar surface area (TPSA) is 82.9 Å². The molecule has 0 aliphatic carbocycles. The van der Waals surface area contributed by atoms with Gasteiger partial charge in [-0.25, -0.2) is 9.97 Å². The maximum Gasteiger partial charge on any atom is 0.223 e. The summed E-state index contributed by atoms with van der Waals surface area (Å²) in [6.07, 6.45) is 11.5. The average Bonchev–Trinajstić information content (AvgIpc) is 3.10. The first-order valence-corrected chi connectivity index (χ1v) is 7.71. The predicted molar refractivity (Wildman–Crippen MR) is 88.2 cm³/mol. The van der Waals surface area contributed by atoms with Crippen LogP contribution in [0.3, 0.4) is 0 Å². The fourth-order valence-corrected chi connectivity index (χ4v) is 2.58. The molecule has 0 radical (unpaired) electrons. The van der Waals surface area contributed by atoms with Crippen LogP contribution in [0, 0.1) is 18.3 Å². The summed E-state index contributed by atoms with van der Waals surface area (Å²) in [5, 5.41) is 15.8. The molecule has 0 bridgehead atoms. The maximum atomic E-state index is 9.54. The third-order valence-corrected chi connectivity index (χ3v) is 3.81. The van der Waals surface area contributed by atoms with Gasteiger partial charge in [0, 0.05) is 25.5 Å². The molecular formula is C17H19N5O. The quantitative estimate of drug-likeness (QED) is 0.830. The van der Waals surface area contributed by atoms with E-state index >= 15 is 0 Å². The lowest BCUT2D eigenvalue weighted by atomic mass is 10.1. The summed E-state index contributed by atoms with van der Waals surface area (Å²) in [4.78, 5) is 8.82. The van der Waals surface area contributed by atoms with Crippen molar-refractivity contribution in [2.75, 3.05) is 18.5 Å². The third-order valence-electron chi connectivity index (χ3n) is 3.81. The number of aryl methyl sites for hydroxylation is 1. The smallest absolute Gasteiger partial charge is 0.223 e. The zero-order chi connectivity index (χ0) is 16.1. The Bertz CT molecular complexity index is 708. The van der Waals surface area contributed by atoms with E-state index in [1.165, 1.54) is 0 Å². The van der Waals surface area contributed by atoms with Crippen molar-refractivity contribution in [3.8, 4) is 6.07 Å². The van der Waals surface area contributed by atoms with Gasteiger partial charge >= 0.3 is 0 Å². The SMILES string of the molecule is Cc1cnc(NCC2CCCO2)nc1/C(C#N)=C1/C=CC=CN1. The van der Waals surface area contributed by atoms with Gasteiger partial charge in [0.15, 0.2) is 0 Å². The summed E-state index contributed by atoms with van der Waals surface area (Å²) >= 11 is 0. The molecule has 2 N–H and O–H groups in total. The number of nitrogens with one attached hydrogen (secondary N) is 2. The Morgan fingerprint density at radius 1 is 1.52 bits per heavy atom. The van der Waals surface area contributed by atoms with Gasteiger partial charge in [-0.1, -0.05) is 6.08 Å². The number of allylic oxidation sites excluding steroid dienone is 4. The molecule has 1 fully saturated rings. The van der Waals surface area contributed by atoms with Crippen LogP contribution in [0.5, 0.6) is 0 Å². The first-order chi connectivity index (χ1) is 11.3. The first kappa shape index (κ1) is 15.3. The van der Waals surface area contributed by atoms with Crippen molar-refractivity contribution in [2.24, 2.45) is 0 Å². The van der Waals surface area contributed by atoms with Crippen LogP contribution in [0.2, 0.25) is 0 Å². The minimum absolute atomic E-state index is 0.213. The van der Waals surface area contributed by atoms with Crippen molar-refractivity contribution in [3.05, 3.63) is 47.6 Å². The lowest BCUT2D eigenvalue weighted by Gasteiger charge is -2.13. The lowest BCUT2D eigenvalue weighted by molar-refractivity contribution is 0.120. The van der Waals surface area contributed by atoms with Crippen molar-refractivity contribution in [3.63, 3.8) is 0 Å². The zero-order valence-corrected chi connectivity index (χ0v) is 13.0. The van der Waals surface area contributed by atoms with Gasteiger partial charge in [0.25, 0.3) is 0 Å². The molecule has 3 rings (SSSR count). The Morgan fingerprint density at radius 3 is 3.13 bits per heavy atom. The highest BCUT2D eigenvalue weighted by atomic mass is 16.5. The molecule has 23 heavy (non-hydrogen) atoms. The molecule has 3 heterocycles. The van der Waals surface area contributed by atoms with E-state index < -0.39 is 0 Å². The fourth-order valence-electron chi connectivity index (χ4n) is 2.58. The molecule has 1 saturated heterocycles. The van der Waals surface area contributed by atoms with Gasteiger partial charge in [-0.15, -0.1) is 0 Å². The van der Waals surface area contributed by atoms with Gasteiger partial charge in [-0.05, 0) is 37.5 Å². The Balaban J connectivity index is 1.83. The molecule has 2 aliphatic heterocycles. The van der Waals surface area contributed by atoms with E-state index in [9.17, 15) is 5.26 Å². The van der Waals surface area contributed by atoms with Crippen molar-refractivity contribution in [1.82, 2.24) is 15.3 Å². The van der Waals surface area contributed by atoms with E-state index in [4.69, 9.17) is 4.74 Å². The van der Waals surface area contributed by atoms with Crippen LogP contribution in [-0.4, -0.2) is 29.2 Å². The lowest BCUT2D eigenvalue weighted by Crippen LogP contribution is -2.20. The van der Waals surface area contributed by atoms with E-state index in [-0.39, 0.29) is 6.10 Å². The summed E-state index contributed by atoms with van der Waals surface area (Å²) in [5.74, 6) is 0.518. The fraction of sp³-hybridized carbons (Fsp3) is 0.353. The highest BCUT2D eigenvalue weighted by molar-refractivity contribution is 5.80. The Kier molecular flexibility index (Phi) is 4.69. The third kappa shape index (κ3) is 3.58. The minimum Gasteiger partial charge on any atom is -0.376 e. The first-order valence-electron chi connectivity index (χ1n) is 7.71. The second kappa shape index (κ2) is 7.07. The maximum absolute atomic E-state index is 9.54. The molecule has 1 aromatic rings. The summed E-state index contributed by atoms with van der Waals surface area (Å²) in [6, 6.07) is 2.24. The van der Waals surface area contributed by atoms with E-state index in [1.54, 1.807) is 12.4 Å². The summed E-state index contributed by atoms with van der Waals surface area (Å²) in [6.45, 7) is 3.41. The number of nitriles is 1. The molecule has 1 aromatic heterocycles. The molecule has 1 unspecified atom stereocenters. The predicted octanol–water partition coefficient (Wildman–Crippen LogP) is 2.28. The minimum atomic E-state index is 0.213. The number of dihydropyridines is 1. The van der Waals surface area contributed by atoms with E-state index in [0.29, 0.717) is 23.8 Å². The van der Waals surface area contributed by atoms with E-state index in [1.807, 2.05) is 25.2 Å². The second-order valence-electron chi connectivity index (χ2n) is 5.50. The second-order valence-corrected chi connectivity index (χ2v) is 5.50. The van der Waals surface area contributed by atoms with Gasteiger partial charge in [-0.2, -0.15) is 5.26 Å². The van der Waals surface area contributed by atoms with Gasteiger partial charge < -0.3 is 15.4 Å². The highest BCUT2D eigenvalue weighted by Gasteiger charge is 2.17. The number of anilines is 1. The number of ether oxygens (including phenoxy) is 1. The molecule has 0 saturated carbocycles. The van der Waals surface area contributed by atoms with Crippen LogP contribution in [0.1, 0.15) is 24.1 Å². The summed E-state index contributed by atoms with van der Waals surface area (Å²) in [5.41, 5.74) is 2.74. The van der Waals surface area contributed by atoms with Crippen molar-refractivity contribution >= 4 is 11.5 Å². The number of hydrogen-bond acceptors (Lipinski definition) is 6. The number of rotatable bonds is 4. The van der Waals surface area contributed by atoms with Crippen LogP contribution in [0.15, 0.2) is 36.3 Å². The summed E-state index contributed by atoms with van der Waals surface area (Å²) < 4.78 is 5.59. The molecule has 118 valence electrons. The molecular weight excluding hydrogens is 290 g/mol. The Hall–Kier alpha value is -2.65. The summed E-state index contributed by atoms with van der Waals surface area (Å²) in [7, 11) is 0. The zero-order valence-electron chi connectivity index (χ0n) is 13.0. The van der Waals surface area contributed by atoms with Crippen LogP contribution < -0.4 is 10.6 Å². The van der Waals surface area contributed by atoms with E-state index in [0.717, 1.165) is 30.7 Å². The van der Waals surface area contributed by atoms with Crippen molar-refractivity contribution in [2.45, 2.75) is 25.9 Å². The Morgan fingerprint density at radius 2 is 2.43 bits per heavy atom. The normalized spacial score (nSPS) is 21.7. The molecule has 1 atom stereocenters. The van der Waals surface area contributed by atoms with Gasteiger partial charge in [0.05, 0.1) is 17.5 Å². The van der Waals surface area contributed by atoms with Crippen molar-refractivity contribution in [1.29, 1.82) is 5.26 Å². The number of aromatic nitrogens is 2. The van der Waals surface area contributed by atoms with Gasteiger partial charge in [0.1, 0.15) is 11.6 Å². The van der Waals surface area contributed by atoms with Crippen LogP contribution in [-0.2, 0) is 4.74 Å². The van der Waals surface area contributed by atoms with Crippen LogP contribution in [0.25, 0.3) is 5.57 Å². The molecule has 0 amide bonds. The highest BCUT2D eigenvalue weighted by Crippen LogP contribution is 2.21. The molecule has 0 aromatic carbocycles. The number of hydrogen-bond donors (Lipinski definition) is 2. The molecule has 2 aliphatic rings. The van der Waals surface area contributed by atoms with Gasteiger partial charge in [0.2, 0.25) is 5.95 Å². The van der Waals surface area contributed by atoms with E-state index in [2.05, 4.69) is 26.7 Å². The van der Waals surface area contributed by atoms with Crippen LogP contribution in [0.4, 0.5) is 5.95 Å². The van der Waals surface area contributed by atoms with Gasteiger partial charge in [-0.3, -0.25) is 0 Å².